The molecule has 0 bridgehead atoms. The molecule has 0 aromatic heterocycles. The number of nitrogens with one attached hydrogen (secondary N) is 1. The zero-order chi connectivity index (χ0) is 25.2. The lowest BCUT2D eigenvalue weighted by Gasteiger charge is -2.32. The molecule has 2 amide bonds. The second-order valence-corrected chi connectivity index (χ2v) is 9.64. The van der Waals surface area contributed by atoms with E-state index in [0.29, 0.717) is 18.7 Å². The van der Waals surface area contributed by atoms with Gasteiger partial charge in [0.1, 0.15) is 11.8 Å². The van der Waals surface area contributed by atoms with Crippen LogP contribution in [0.4, 0.5) is 0 Å². The highest BCUT2D eigenvalue weighted by molar-refractivity contribution is 9.10. The summed E-state index contributed by atoms with van der Waals surface area (Å²) in [4.78, 5) is 28.6. The average molecular weight is 537 g/mol. The van der Waals surface area contributed by atoms with Gasteiger partial charge in [0.25, 0.3) is 5.91 Å². The lowest BCUT2D eigenvalue weighted by atomic mass is 10.0. The number of benzene rings is 3. The summed E-state index contributed by atoms with van der Waals surface area (Å²) in [6, 6.07) is 24.6. The van der Waals surface area contributed by atoms with Gasteiger partial charge in [0.2, 0.25) is 5.91 Å². The summed E-state index contributed by atoms with van der Waals surface area (Å²) in [5, 5.41) is 3.00. The highest BCUT2D eigenvalue weighted by atomic mass is 79.9. The van der Waals surface area contributed by atoms with Crippen molar-refractivity contribution in [3.05, 3.63) is 100 Å². The van der Waals surface area contributed by atoms with Gasteiger partial charge in [-0.25, -0.2) is 0 Å². The maximum atomic E-state index is 13.6. The fourth-order valence-electron chi connectivity index (χ4n) is 3.82. The van der Waals surface area contributed by atoms with Gasteiger partial charge in [-0.2, -0.15) is 0 Å². The van der Waals surface area contributed by atoms with Gasteiger partial charge >= 0.3 is 0 Å². The van der Waals surface area contributed by atoms with Crippen molar-refractivity contribution in [1.82, 2.24) is 10.2 Å². The summed E-state index contributed by atoms with van der Waals surface area (Å²) in [6.45, 7) is 6.06. The Bertz CT molecular complexity index is 1100. The summed E-state index contributed by atoms with van der Waals surface area (Å²) >= 11 is 3.54. The minimum atomic E-state index is -0.679. The van der Waals surface area contributed by atoms with Crippen molar-refractivity contribution in [3.63, 3.8) is 0 Å². The number of ether oxygens (including phenoxy) is 1. The number of hydrogen-bond acceptors (Lipinski definition) is 3. The SMILES string of the molecule is CCc1ccc(OCC(=O)N(Cc2ccccc2)C(Cc2ccccc2)C(=O)NC(C)C)c(Br)c1. The summed E-state index contributed by atoms with van der Waals surface area (Å²) in [7, 11) is 0. The van der Waals surface area contributed by atoms with Crippen LogP contribution in [0.3, 0.4) is 0 Å². The number of amides is 2. The van der Waals surface area contributed by atoms with Gasteiger partial charge in [-0.1, -0.05) is 73.7 Å². The first-order valence-electron chi connectivity index (χ1n) is 12.0. The number of rotatable bonds is 11. The minimum absolute atomic E-state index is 0.0428. The molecule has 3 rings (SSSR count). The maximum Gasteiger partial charge on any atom is 0.261 e. The van der Waals surface area contributed by atoms with Crippen molar-refractivity contribution in [2.75, 3.05) is 6.61 Å². The molecule has 3 aromatic carbocycles. The number of nitrogens with zero attached hydrogens (tertiary/aromatic N) is 1. The number of carbonyl (C=O) groups excluding carboxylic acids is 2. The number of aryl methyl sites for hydroxylation is 1. The topological polar surface area (TPSA) is 58.6 Å². The van der Waals surface area contributed by atoms with Gasteiger partial charge < -0.3 is 15.0 Å². The fourth-order valence-corrected chi connectivity index (χ4v) is 4.36. The Hall–Kier alpha value is -3.12. The first-order valence-corrected chi connectivity index (χ1v) is 12.8. The molecule has 6 heteroatoms. The van der Waals surface area contributed by atoms with Crippen LogP contribution in [0.15, 0.2) is 83.3 Å². The van der Waals surface area contributed by atoms with Crippen LogP contribution in [0.25, 0.3) is 0 Å². The van der Waals surface area contributed by atoms with Gasteiger partial charge in [0.05, 0.1) is 4.47 Å². The molecular weight excluding hydrogens is 504 g/mol. The molecule has 0 fully saturated rings. The van der Waals surface area contributed by atoms with E-state index in [1.807, 2.05) is 92.7 Å². The molecule has 184 valence electrons. The Balaban J connectivity index is 1.88. The second kappa shape index (κ2) is 13.1. The van der Waals surface area contributed by atoms with E-state index in [1.165, 1.54) is 5.56 Å². The fraction of sp³-hybridized carbons (Fsp3) is 0.310. The largest absolute Gasteiger partial charge is 0.483 e. The molecule has 0 aliphatic heterocycles. The molecule has 0 aliphatic carbocycles. The van der Waals surface area contributed by atoms with Crippen LogP contribution in [-0.4, -0.2) is 35.4 Å². The van der Waals surface area contributed by atoms with Gasteiger partial charge in [0.15, 0.2) is 6.61 Å². The zero-order valence-corrected chi connectivity index (χ0v) is 22.1. The normalized spacial score (nSPS) is 11.7. The van der Waals surface area contributed by atoms with E-state index in [1.54, 1.807) is 4.90 Å². The average Bonchev–Trinajstić information content (AvgIpc) is 2.86. The third-order valence-corrected chi connectivity index (χ3v) is 6.27. The van der Waals surface area contributed by atoms with Crippen LogP contribution < -0.4 is 10.1 Å². The Morgan fingerprint density at radius 1 is 0.914 bits per heavy atom. The highest BCUT2D eigenvalue weighted by Gasteiger charge is 2.31. The van der Waals surface area contributed by atoms with Crippen molar-refractivity contribution >= 4 is 27.7 Å². The van der Waals surface area contributed by atoms with Gasteiger partial charge in [0, 0.05) is 19.0 Å². The summed E-state index contributed by atoms with van der Waals surface area (Å²) < 4.78 is 6.71. The standard InChI is InChI=1S/C29H33BrN2O3/c1-4-22-15-16-27(25(30)17-22)35-20-28(33)32(19-24-13-9-6-10-14-24)26(29(34)31-21(2)3)18-23-11-7-5-8-12-23/h5-17,21,26H,4,18-20H2,1-3H3,(H,31,34). The monoisotopic (exact) mass is 536 g/mol. The van der Waals surface area contributed by atoms with E-state index in [0.717, 1.165) is 22.0 Å². The lowest BCUT2D eigenvalue weighted by Crippen LogP contribution is -2.52. The molecule has 35 heavy (non-hydrogen) atoms. The van der Waals surface area contributed by atoms with Crippen molar-refractivity contribution in [3.8, 4) is 5.75 Å². The summed E-state index contributed by atoms with van der Waals surface area (Å²) in [5.41, 5.74) is 3.11. The molecule has 1 N–H and O–H groups in total. The van der Waals surface area contributed by atoms with Crippen LogP contribution in [0, 0.1) is 0 Å². The smallest absolute Gasteiger partial charge is 0.261 e. The number of carbonyl (C=O) groups is 2. The maximum absolute atomic E-state index is 13.6. The Morgan fingerprint density at radius 2 is 1.54 bits per heavy atom. The molecule has 5 nitrogen and oxygen atoms in total. The van der Waals surface area contributed by atoms with Crippen molar-refractivity contribution in [2.24, 2.45) is 0 Å². The van der Waals surface area contributed by atoms with Crippen LogP contribution >= 0.6 is 15.9 Å². The van der Waals surface area contributed by atoms with Crippen LogP contribution in [0.2, 0.25) is 0 Å². The molecule has 0 saturated carbocycles. The van der Waals surface area contributed by atoms with Crippen LogP contribution in [0.1, 0.15) is 37.5 Å². The summed E-state index contributed by atoms with van der Waals surface area (Å²) in [6.07, 6.45) is 1.32. The molecule has 0 spiro atoms. The predicted octanol–water partition coefficient (Wildman–Crippen LogP) is 5.56. The molecule has 1 atom stereocenters. The number of hydrogen-bond donors (Lipinski definition) is 1. The summed E-state index contributed by atoms with van der Waals surface area (Å²) in [5.74, 6) is 0.170. The third kappa shape index (κ3) is 7.96. The quantitative estimate of drug-likeness (QED) is 0.349. The molecule has 0 heterocycles. The predicted molar refractivity (Wildman–Crippen MR) is 143 cm³/mol. The molecular formula is C29H33BrN2O3. The van der Waals surface area contributed by atoms with E-state index in [-0.39, 0.29) is 24.5 Å². The van der Waals surface area contributed by atoms with Crippen molar-refractivity contribution < 1.29 is 14.3 Å². The molecule has 3 aromatic rings. The molecule has 0 saturated heterocycles. The van der Waals surface area contributed by atoms with E-state index in [9.17, 15) is 9.59 Å². The van der Waals surface area contributed by atoms with Crippen LogP contribution in [0.5, 0.6) is 5.75 Å². The highest BCUT2D eigenvalue weighted by Crippen LogP contribution is 2.26. The van der Waals surface area contributed by atoms with Gasteiger partial charge in [-0.3, -0.25) is 9.59 Å². The van der Waals surface area contributed by atoms with Gasteiger partial charge in [-0.05, 0) is 65.0 Å². The van der Waals surface area contributed by atoms with Crippen molar-refractivity contribution in [2.45, 2.75) is 52.2 Å². The van der Waals surface area contributed by atoms with E-state index in [2.05, 4.69) is 28.2 Å². The Labute approximate surface area is 216 Å². The zero-order valence-electron chi connectivity index (χ0n) is 20.5. The van der Waals surface area contributed by atoms with Gasteiger partial charge in [-0.15, -0.1) is 0 Å². The second-order valence-electron chi connectivity index (χ2n) is 8.78. The molecule has 1 unspecified atom stereocenters. The first kappa shape index (κ1) is 26.5. The Morgan fingerprint density at radius 3 is 2.11 bits per heavy atom. The molecule has 0 aliphatic rings. The van der Waals surface area contributed by atoms with E-state index >= 15 is 0 Å². The first-order chi connectivity index (χ1) is 16.9. The molecule has 0 radical (unpaired) electrons. The lowest BCUT2D eigenvalue weighted by molar-refractivity contribution is -0.143. The van der Waals surface area contributed by atoms with E-state index < -0.39 is 6.04 Å². The van der Waals surface area contributed by atoms with Crippen molar-refractivity contribution in [1.29, 1.82) is 0 Å². The number of halogens is 1. The van der Waals surface area contributed by atoms with Crippen LogP contribution in [-0.2, 0) is 29.0 Å². The van der Waals surface area contributed by atoms with E-state index in [4.69, 9.17) is 4.74 Å². The minimum Gasteiger partial charge on any atom is -0.483 e. The Kier molecular flexibility index (Phi) is 9.91. The third-order valence-electron chi connectivity index (χ3n) is 5.65.